The van der Waals surface area contributed by atoms with Crippen LogP contribution in [0.2, 0.25) is 5.02 Å². The highest BCUT2D eigenvalue weighted by Gasteiger charge is 2.32. The number of aryl methyl sites for hydroxylation is 3. The van der Waals surface area contributed by atoms with Crippen LogP contribution in [-0.4, -0.2) is 45.4 Å². The molecule has 0 atom stereocenters. The topological polar surface area (TPSA) is 76.5 Å². The first kappa shape index (κ1) is 26.7. The normalized spacial score (nSPS) is 14.5. The zero-order valence-electron chi connectivity index (χ0n) is 22.4. The SMILES string of the molecule is Cc1ccc(-n2ncc(C(=O)Nc3ccc(C)c(Cl)c3)c2C2CCN(C(=O)OC(C)(C)C)CC2)cc1C. The van der Waals surface area contributed by atoms with Crippen molar-refractivity contribution < 1.29 is 14.3 Å². The third kappa shape index (κ3) is 6.16. The molecule has 0 spiro atoms. The number of anilines is 1. The van der Waals surface area contributed by atoms with Gasteiger partial charge >= 0.3 is 6.09 Å². The summed E-state index contributed by atoms with van der Waals surface area (Å²) in [5.41, 5.74) is 5.65. The van der Waals surface area contributed by atoms with Crippen molar-refractivity contribution in [3.63, 3.8) is 0 Å². The number of nitrogens with zero attached hydrogens (tertiary/aromatic N) is 3. The van der Waals surface area contributed by atoms with Gasteiger partial charge in [0.1, 0.15) is 5.60 Å². The van der Waals surface area contributed by atoms with E-state index in [1.807, 2.05) is 50.6 Å². The van der Waals surface area contributed by atoms with Gasteiger partial charge in [-0.25, -0.2) is 9.48 Å². The van der Waals surface area contributed by atoms with Crippen molar-refractivity contribution in [3.05, 3.63) is 75.6 Å². The van der Waals surface area contributed by atoms with Gasteiger partial charge < -0.3 is 15.0 Å². The molecule has 2 aromatic carbocycles. The van der Waals surface area contributed by atoms with Crippen LogP contribution in [0.4, 0.5) is 10.5 Å². The summed E-state index contributed by atoms with van der Waals surface area (Å²) in [5, 5.41) is 8.23. The molecule has 4 rings (SSSR count). The van der Waals surface area contributed by atoms with Gasteiger partial charge in [0.25, 0.3) is 5.91 Å². The van der Waals surface area contributed by atoms with Crippen LogP contribution in [0.5, 0.6) is 0 Å². The smallest absolute Gasteiger partial charge is 0.410 e. The van der Waals surface area contributed by atoms with Crippen molar-refractivity contribution in [2.24, 2.45) is 0 Å². The van der Waals surface area contributed by atoms with E-state index in [0.29, 0.717) is 42.2 Å². The lowest BCUT2D eigenvalue weighted by Crippen LogP contribution is -2.41. The van der Waals surface area contributed by atoms with E-state index in [0.717, 1.165) is 22.5 Å². The van der Waals surface area contributed by atoms with Gasteiger partial charge in [-0.1, -0.05) is 23.7 Å². The quantitative estimate of drug-likeness (QED) is 0.408. The lowest BCUT2D eigenvalue weighted by molar-refractivity contribution is 0.0203. The number of hydrogen-bond acceptors (Lipinski definition) is 4. The van der Waals surface area contributed by atoms with Crippen molar-refractivity contribution in [1.29, 1.82) is 0 Å². The van der Waals surface area contributed by atoms with Crippen LogP contribution in [0.3, 0.4) is 0 Å². The minimum atomic E-state index is -0.542. The van der Waals surface area contributed by atoms with Crippen molar-refractivity contribution in [2.45, 2.75) is 65.9 Å². The monoisotopic (exact) mass is 522 g/mol. The molecule has 2 heterocycles. The standard InChI is InChI=1S/C29H35ClN4O3/c1-18-8-10-23(15-20(18)3)34-26(21-11-13-33(14-12-21)28(36)37-29(4,5)6)24(17-31-34)27(35)32-22-9-7-19(2)25(30)16-22/h7-10,15-17,21H,11-14H2,1-6H3,(H,32,35). The summed E-state index contributed by atoms with van der Waals surface area (Å²) in [6, 6.07) is 11.6. The maximum Gasteiger partial charge on any atom is 0.410 e. The molecule has 1 aliphatic rings. The summed E-state index contributed by atoms with van der Waals surface area (Å²) in [5.74, 6) is -0.190. The summed E-state index contributed by atoms with van der Waals surface area (Å²) in [4.78, 5) is 27.8. The first-order valence-corrected chi connectivity index (χ1v) is 13.0. The summed E-state index contributed by atoms with van der Waals surface area (Å²) < 4.78 is 7.43. The molecule has 1 N–H and O–H groups in total. The van der Waals surface area contributed by atoms with Gasteiger partial charge in [-0.3, -0.25) is 4.79 Å². The van der Waals surface area contributed by atoms with E-state index < -0.39 is 5.60 Å². The zero-order chi connectivity index (χ0) is 26.9. The summed E-state index contributed by atoms with van der Waals surface area (Å²) >= 11 is 6.28. The first-order chi connectivity index (χ1) is 17.4. The molecule has 1 aliphatic heterocycles. The van der Waals surface area contributed by atoms with E-state index in [1.165, 1.54) is 5.56 Å². The number of benzene rings is 2. The lowest BCUT2D eigenvalue weighted by atomic mass is 9.90. The van der Waals surface area contributed by atoms with Crippen LogP contribution >= 0.6 is 11.6 Å². The number of halogens is 1. The van der Waals surface area contributed by atoms with Crippen molar-refractivity contribution in [1.82, 2.24) is 14.7 Å². The van der Waals surface area contributed by atoms with E-state index in [-0.39, 0.29) is 17.9 Å². The van der Waals surface area contributed by atoms with E-state index in [1.54, 1.807) is 17.2 Å². The van der Waals surface area contributed by atoms with Crippen LogP contribution in [0.1, 0.15) is 72.3 Å². The number of hydrogen-bond donors (Lipinski definition) is 1. The molecule has 1 saturated heterocycles. The fourth-order valence-electron chi connectivity index (χ4n) is 4.52. The number of likely N-dealkylation sites (tertiary alicyclic amines) is 1. The van der Waals surface area contributed by atoms with Gasteiger partial charge in [-0.15, -0.1) is 0 Å². The highest BCUT2D eigenvalue weighted by molar-refractivity contribution is 6.31. The number of piperidine rings is 1. The lowest BCUT2D eigenvalue weighted by Gasteiger charge is -2.34. The Hall–Kier alpha value is -3.32. The van der Waals surface area contributed by atoms with Crippen LogP contribution in [-0.2, 0) is 4.74 Å². The molecular formula is C29H35ClN4O3. The van der Waals surface area contributed by atoms with Gasteiger partial charge in [-0.05, 0) is 95.3 Å². The van der Waals surface area contributed by atoms with Crippen LogP contribution in [0, 0.1) is 20.8 Å². The van der Waals surface area contributed by atoms with Gasteiger partial charge in [0.05, 0.1) is 23.1 Å². The predicted molar refractivity (Wildman–Crippen MR) is 147 cm³/mol. The molecule has 7 nitrogen and oxygen atoms in total. The average Bonchev–Trinajstić information content (AvgIpc) is 3.27. The Morgan fingerprint density at radius 3 is 2.30 bits per heavy atom. The van der Waals surface area contributed by atoms with Gasteiger partial charge in [0.2, 0.25) is 0 Å². The molecule has 8 heteroatoms. The van der Waals surface area contributed by atoms with Crippen molar-refractivity contribution in [2.75, 3.05) is 18.4 Å². The van der Waals surface area contributed by atoms with E-state index in [2.05, 4.69) is 36.4 Å². The van der Waals surface area contributed by atoms with E-state index >= 15 is 0 Å². The van der Waals surface area contributed by atoms with Crippen molar-refractivity contribution in [3.8, 4) is 5.69 Å². The molecule has 196 valence electrons. The number of nitrogens with one attached hydrogen (secondary N) is 1. The van der Waals surface area contributed by atoms with E-state index in [4.69, 9.17) is 16.3 Å². The second-order valence-electron chi connectivity index (χ2n) is 10.8. The largest absolute Gasteiger partial charge is 0.444 e. The van der Waals surface area contributed by atoms with Crippen LogP contribution in [0.25, 0.3) is 5.69 Å². The van der Waals surface area contributed by atoms with Gasteiger partial charge in [0.15, 0.2) is 0 Å². The maximum atomic E-state index is 13.5. The van der Waals surface area contributed by atoms with E-state index in [9.17, 15) is 9.59 Å². The fourth-order valence-corrected chi connectivity index (χ4v) is 4.70. The third-order valence-electron chi connectivity index (χ3n) is 6.75. The first-order valence-electron chi connectivity index (χ1n) is 12.6. The Morgan fingerprint density at radius 2 is 1.68 bits per heavy atom. The summed E-state index contributed by atoms with van der Waals surface area (Å²) in [6.07, 6.45) is 2.73. The fraction of sp³-hybridized carbons (Fsp3) is 0.414. The molecule has 2 amide bonds. The number of rotatable bonds is 4. The molecule has 1 aromatic heterocycles. The van der Waals surface area contributed by atoms with Gasteiger partial charge in [0, 0.05) is 29.7 Å². The molecule has 0 aliphatic carbocycles. The van der Waals surface area contributed by atoms with Gasteiger partial charge in [-0.2, -0.15) is 5.10 Å². The highest BCUT2D eigenvalue weighted by Crippen LogP contribution is 2.33. The molecule has 0 radical (unpaired) electrons. The minimum Gasteiger partial charge on any atom is -0.444 e. The number of carbonyl (C=O) groups excluding carboxylic acids is 2. The molecule has 3 aromatic rings. The number of amides is 2. The molecule has 0 bridgehead atoms. The summed E-state index contributed by atoms with van der Waals surface area (Å²) in [7, 11) is 0. The number of carbonyl (C=O) groups is 2. The third-order valence-corrected chi connectivity index (χ3v) is 7.16. The Bertz CT molecular complexity index is 1320. The molecule has 37 heavy (non-hydrogen) atoms. The minimum absolute atomic E-state index is 0.0464. The molecular weight excluding hydrogens is 488 g/mol. The predicted octanol–water partition coefficient (Wildman–Crippen LogP) is 6.82. The number of ether oxygens (including phenoxy) is 1. The molecule has 0 unspecified atom stereocenters. The molecule has 1 fully saturated rings. The van der Waals surface area contributed by atoms with Crippen molar-refractivity contribution >= 4 is 29.3 Å². The summed E-state index contributed by atoms with van der Waals surface area (Å²) in [6.45, 7) is 12.8. The Labute approximate surface area is 223 Å². The second kappa shape index (κ2) is 10.6. The Morgan fingerprint density at radius 1 is 1.00 bits per heavy atom. The maximum absolute atomic E-state index is 13.5. The van der Waals surface area contributed by atoms with Crippen LogP contribution < -0.4 is 5.32 Å². The number of aromatic nitrogens is 2. The molecule has 0 saturated carbocycles. The zero-order valence-corrected chi connectivity index (χ0v) is 23.1. The second-order valence-corrected chi connectivity index (χ2v) is 11.2. The Kier molecular flexibility index (Phi) is 7.64. The van der Waals surface area contributed by atoms with Crippen LogP contribution in [0.15, 0.2) is 42.6 Å². The highest BCUT2D eigenvalue weighted by atomic mass is 35.5. The average molecular weight is 523 g/mol. The Balaban J connectivity index is 1.64.